The standard InChI is InChI=1S/C43H56F4N6O9S/c1-22-14-18-53(31(22)35(54)51-42(21-27(42)34(44)45)38(57)52-63(59,60)41(5)16-17-41)37(56)33(40(2,3)4)50-39(58)62-30-19-23-10-12-25(23)26(30)9-7-8-15-43(46,47)32-36(55)49-29-20-24(61-6)11-13-28(29)48-32/h10-13,20,22-23,25-27,30-31,33-34H,7-9,14-19,21H2,1-6H3,(H,49,55)(H,50,58)(H,51,54)(H,52,57). The minimum absolute atomic E-state index is 0.0576. The number of nitrogens with one attached hydrogen (secondary N) is 4. The molecular weight excluding hydrogens is 853 g/mol. The van der Waals surface area contributed by atoms with Crippen LogP contribution in [0, 0.1) is 35.0 Å². The Balaban J connectivity index is 0.976. The van der Waals surface area contributed by atoms with Crippen molar-refractivity contribution in [3.63, 3.8) is 0 Å². The highest BCUT2D eigenvalue weighted by molar-refractivity contribution is 7.91. The molecule has 1 aliphatic heterocycles. The molecule has 15 nitrogen and oxygen atoms in total. The Morgan fingerprint density at radius 1 is 1.10 bits per heavy atom. The number of hydrogen-bond acceptors (Lipinski definition) is 10. The number of aromatic amines is 1. The van der Waals surface area contributed by atoms with Crippen LogP contribution in [0.4, 0.5) is 22.4 Å². The molecule has 0 spiro atoms. The molecule has 5 aliphatic rings. The number of carbonyl (C=O) groups excluding carboxylic acids is 4. The number of allylic oxidation sites excluding steroid dienone is 2. The molecule has 3 saturated carbocycles. The van der Waals surface area contributed by atoms with E-state index in [4.69, 9.17) is 9.47 Å². The molecule has 4 amide bonds. The van der Waals surface area contributed by atoms with Gasteiger partial charge < -0.3 is 30.0 Å². The minimum atomic E-state index is -4.21. The Kier molecular flexibility index (Phi) is 12.2. The molecule has 0 bridgehead atoms. The van der Waals surface area contributed by atoms with E-state index < -0.39 is 116 Å². The van der Waals surface area contributed by atoms with Crippen LogP contribution in [0.5, 0.6) is 5.75 Å². The van der Waals surface area contributed by atoms with Gasteiger partial charge in [-0.3, -0.25) is 23.9 Å². The van der Waals surface area contributed by atoms with Crippen LogP contribution in [0.1, 0.15) is 98.1 Å². The SMILES string of the molecule is COc1ccc2nc(C(F)(F)CCCCC3C(OC(=O)NC(C(=O)N4CCC(C)C4C(=O)NC4(C(=O)NS(=O)(=O)C5(C)CC5)CC4C(F)F)C(C)(C)C)CC4C=CC43)c(=O)[nH]c2c1. The summed E-state index contributed by atoms with van der Waals surface area (Å²) < 4.78 is 96.4. The van der Waals surface area contributed by atoms with Gasteiger partial charge in [0, 0.05) is 24.9 Å². The molecule has 9 atom stereocenters. The lowest BCUT2D eigenvalue weighted by molar-refractivity contribution is -0.143. The van der Waals surface area contributed by atoms with Crippen molar-refractivity contribution in [1.29, 1.82) is 0 Å². The van der Waals surface area contributed by atoms with Gasteiger partial charge in [0.2, 0.25) is 28.3 Å². The second kappa shape index (κ2) is 16.7. The summed E-state index contributed by atoms with van der Waals surface area (Å²) in [5.41, 5.74) is -4.51. The Hall–Kier alpha value is -4.75. The molecule has 346 valence electrons. The van der Waals surface area contributed by atoms with Crippen molar-refractivity contribution >= 4 is 44.9 Å². The maximum absolute atomic E-state index is 15.4. The van der Waals surface area contributed by atoms with E-state index in [1.807, 2.05) is 16.9 Å². The van der Waals surface area contributed by atoms with Crippen LogP contribution in [0.25, 0.3) is 11.0 Å². The summed E-state index contributed by atoms with van der Waals surface area (Å²) in [5.74, 6) is -8.00. The highest BCUT2D eigenvalue weighted by atomic mass is 32.2. The monoisotopic (exact) mass is 908 g/mol. The van der Waals surface area contributed by atoms with Gasteiger partial charge >= 0.3 is 6.09 Å². The normalized spacial score (nSPS) is 28.8. The number of benzene rings is 1. The predicted octanol–water partition coefficient (Wildman–Crippen LogP) is 5.29. The first-order valence-corrected chi connectivity index (χ1v) is 23.0. The molecular formula is C43H56F4N6O9S. The molecule has 9 unspecified atom stereocenters. The van der Waals surface area contributed by atoms with Gasteiger partial charge in [0.1, 0.15) is 29.5 Å². The van der Waals surface area contributed by atoms with Gasteiger partial charge in [-0.1, -0.05) is 46.3 Å². The summed E-state index contributed by atoms with van der Waals surface area (Å²) in [5, 5.41) is 5.12. The number of nitrogens with zero attached hydrogens (tertiary/aromatic N) is 2. The van der Waals surface area contributed by atoms with Crippen molar-refractivity contribution in [2.75, 3.05) is 13.7 Å². The molecule has 20 heteroatoms. The van der Waals surface area contributed by atoms with Gasteiger partial charge in [-0.15, -0.1) is 0 Å². The lowest BCUT2D eigenvalue weighted by Crippen LogP contribution is -2.61. The van der Waals surface area contributed by atoms with Crippen molar-refractivity contribution in [2.24, 2.45) is 35.0 Å². The molecule has 4 N–H and O–H groups in total. The average molecular weight is 909 g/mol. The number of fused-ring (bicyclic) bond motifs is 2. The van der Waals surface area contributed by atoms with Gasteiger partial charge in [0.05, 0.1) is 28.8 Å². The second-order valence-electron chi connectivity index (χ2n) is 19.4. The van der Waals surface area contributed by atoms with E-state index in [9.17, 15) is 41.2 Å². The number of H-pyrrole nitrogens is 1. The fourth-order valence-corrected chi connectivity index (χ4v) is 10.7. The van der Waals surface area contributed by atoms with Crippen LogP contribution in [-0.2, 0) is 35.1 Å². The van der Waals surface area contributed by atoms with Gasteiger partial charge in [-0.2, -0.15) is 8.78 Å². The third-order valence-electron chi connectivity index (χ3n) is 13.9. The number of halogens is 4. The van der Waals surface area contributed by atoms with E-state index in [1.165, 1.54) is 31.1 Å². The number of likely N-dealkylation sites (tertiary alicyclic amines) is 1. The molecule has 63 heavy (non-hydrogen) atoms. The van der Waals surface area contributed by atoms with Crippen molar-refractivity contribution in [3.8, 4) is 5.75 Å². The van der Waals surface area contributed by atoms with Crippen LogP contribution >= 0.6 is 0 Å². The van der Waals surface area contributed by atoms with Crippen molar-refractivity contribution in [2.45, 2.75) is 133 Å². The number of sulfonamides is 1. The first-order valence-electron chi connectivity index (χ1n) is 21.5. The summed E-state index contributed by atoms with van der Waals surface area (Å²) in [7, 11) is -2.77. The van der Waals surface area contributed by atoms with Crippen LogP contribution in [0.2, 0.25) is 0 Å². The maximum Gasteiger partial charge on any atom is 0.408 e. The molecule has 1 saturated heterocycles. The molecule has 1 aromatic carbocycles. The van der Waals surface area contributed by atoms with Crippen molar-refractivity contribution in [3.05, 3.63) is 46.4 Å². The predicted molar refractivity (Wildman–Crippen MR) is 221 cm³/mol. The average Bonchev–Trinajstić information content (AvgIpc) is 4.07. The quantitative estimate of drug-likeness (QED) is 0.0973. The van der Waals surface area contributed by atoms with Crippen LogP contribution < -0.4 is 25.7 Å². The number of alkyl halides is 4. The van der Waals surface area contributed by atoms with E-state index in [1.54, 1.807) is 33.8 Å². The number of aromatic nitrogens is 2. The number of ether oxygens (including phenoxy) is 2. The maximum atomic E-state index is 15.4. The van der Waals surface area contributed by atoms with Gasteiger partial charge in [-0.05, 0) is 87.2 Å². The number of alkyl carbamates (subject to hydrolysis) is 1. The fourth-order valence-electron chi connectivity index (χ4n) is 9.41. The van der Waals surface area contributed by atoms with Gasteiger partial charge in [0.25, 0.3) is 17.4 Å². The van der Waals surface area contributed by atoms with E-state index in [-0.39, 0.29) is 54.6 Å². The number of carbonyl (C=O) groups is 4. The summed E-state index contributed by atoms with van der Waals surface area (Å²) in [6.07, 6.45) is 0.619. The Labute approximate surface area is 362 Å². The zero-order valence-corrected chi connectivity index (χ0v) is 37.0. The molecule has 4 aliphatic carbocycles. The third kappa shape index (κ3) is 9.01. The van der Waals surface area contributed by atoms with Gasteiger partial charge in [0.15, 0.2) is 5.69 Å². The lowest BCUT2D eigenvalue weighted by atomic mass is 9.78. The van der Waals surface area contributed by atoms with E-state index in [0.717, 1.165) is 0 Å². The van der Waals surface area contributed by atoms with E-state index in [0.29, 0.717) is 31.4 Å². The zero-order valence-electron chi connectivity index (χ0n) is 36.1. The zero-order chi connectivity index (χ0) is 46.0. The topological polar surface area (TPSA) is 206 Å². The molecule has 4 fully saturated rings. The highest BCUT2D eigenvalue weighted by Crippen LogP contribution is 2.50. The number of hydrogen-bond donors (Lipinski definition) is 4. The first kappa shape index (κ1) is 46.2. The molecule has 1 aromatic heterocycles. The molecule has 2 aromatic rings. The summed E-state index contributed by atoms with van der Waals surface area (Å²) in [4.78, 5) is 75.7. The minimum Gasteiger partial charge on any atom is -0.497 e. The van der Waals surface area contributed by atoms with E-state index in [2.05, 4.69) is 20.6 Å². The first-order chi connectivity index (χ1) is 29.4. The van der Waals surface area contributed by atoms with E-state index >= 15 is 8.78 Å². The molecule has 0 radical (unpaired) electrons. The van der Waals surface area contributed by atoms with Crippen LogP contribution in [0.15, 0.2) is 35.1 Å². The summed E-state index contributed by atoms with van der Waals surface area (Å²) in [6, 6.07) is 2.09. The summed E-state index contributed by atoms with van der Waals surface area (Å²) >= 11 is 0. The van der Waals surface area contributed by atoms with Crippen LogP contribution in [0.3, 0.4) is 0 Å². The largest absolute Gasteiger partial charge is 0.497 e. The number of rotatable bonds is 16. The third-order valence-corrected chi connectivity index (χ3v) is 16.0. The smallest absolute Gasteiger partial charge is 0.408 e. The van der Waals surface area contributed by atoms with Crippen LogP contribution in [-0.4, -0.2) is 95.7 Å². The molecule has 7 rings (SSSR count). The Morgan fingerprint density at radius 3 is 2.41 bits per heavy atom. The lowest BCUT2D eigenvalue weighted by Gasteiger charge is -2.36. The highest BCUT2D eigenvalue weighted by Gasteiger charge is 2.67. The van der Waals surface area contributed by atoms with Gasteiger partial charge in [-0.25, -0.2) is 27.0 Å². The summed E-state index contributed by atoms with van der Waals surface area (Å²) in [6.45, 7) is 8.32. The second-order valence-corrected chi connectivity index (χ2v) is 21.6. The Bertz CT molecular complexity index is 2350. The van der Waals surface area contributed by atoms with Crippen molar-refractivity contribution in [1.82, 2.24) is 30.2 Å². The number of unbranched alkanes of at least 4 members (excludes halogenated alkanes) is 1. The number of amides is 4. The Morgan fingerprint density at radius 2 is 1.81 bits per heavy atom. The molecule has 2 heterocycles. The fraction of sp³-hybridized carbons (Fsp3) is 0.674. The van der Waals surface area contributed by atoms with Crippen molar-refractivity contribution < 1.29 is 54.6 Å². The number of methoxy groups -OCH3 is 1.